The van der Waals surface area contributed by atoms with E-state index in [0.29, 0.717) is 35.9 Å². The quantitative estimate of drug-likeness (QED) is 0.647. The summed E-state index contributed by atoms with van der Waals surface area (Å²) in [5.41, 5.74) is 3.49. The number of nitrogens with zero attached hydrogens (tertiary/aromatic N) is 1. The summed E-state index contributed by atoms with van der Waals surface area (Å²) in [6.07, 6.45) is 2.64. The first-order valence-corrected chi connectivity index (χ1v) is 9.61. The molecule has 0 unspecified atom stereocenters. The smallest absolute Gasteiger partial charge is 0.262 e. The van der Waals surface area contributed by atoms with Crippen LogP contribution in [0.2, 0.25) is 0 Å². The molecule has 0 saturated carbocycles. The second kappa shape index (κ2) is 8.65. The van der Waals surface area contributed by atoms with E-state index < -0.39 is 0 Å². The highest BCUT2D eigenvalue weighted by atomic mass is 16.5. The van der Waals surface area contributed by atoms with Crippen LogP contribution in [0.1, 0.15) is 17.5 Å². The van der Waals surface area contributed by atoms with E-state index in [1.807, 2.05) is 37.3 Å². The number of anilines is 2. The molecule has 2 aromatic carbocycles. The number of aryl methyl sites for hydroxylation is 2. The van der Waals surface area contributed by atoms with Gasteiger partial charge in [0.05, 0.1) is 11.9 Å². The SMILES string of the molecule is Cc1ccc(Oc2ccc(NC(=O)COc3ccc4c(c3)CCC(=O)N4)cn2)cc1. The van der Waals surface area contributed by atoms with Crippen molar-refractivity contribution in [3.8, 4) is 17.4 Å². The monoisotopic (exact) mass is 403 g/mol. The number of aromatic nitrogens is 1. The average molecular weight is 403 g/mol. The maximum Gasteiger partial charge on any atom is 0.262 e. The summed E-state index contributed by atoms with van der Waals surface area (Å²) in [5.74, 6) is 1.44. The lowest BCUT2D eigenvalue weighted by molar-refractivity contribution is -0.118. The Bertz CT molecular complexity index is 1060. The molecular formula is C23H21N3O4. The number of carbonyl (C=O) groups is 2. The van der Waals surface area contributed by atoms with Crippen molar-refractivity contribution in [2.24, 2.45) is 0 Å². The van der Waals surface area contributed by atoms with Crippen molar-refractivity contribution in [1.82, 2.24) is 4.98 Å². The first-order chi connectivity index (χ1) is 14.5. The molecule has 1 aliphatic heterocycles. The van der Waals surface area contributed by atoms with E-state index in [4.69, 9.17) is 9.47 Å². The van der Waals surface area contributed by atoms with Crippen LogP contribution in [0.15, 0.2) is 60.8 Å². The highest BCUT2D eigenvalue weighted by molar-refractivity contribution is 5.94. The summed E-state index contributed by atoms with van der Waals surface area (Å²) in [6, 6.07) is 16.4. The molecule has 0 aliphatic carbocycles. The Morgan fingerprint density at radius 2 is 1.87 bits per heavy atom. The van der Waals surface area contributed by atoms with Gasteiger partial charge in [0.1, 0.15) is 11.5 Å². The van der Waals surface area contributed by atoms with Crippen LogP contribution in [0.3, 0.4) is 0 Å². The molecule has 2 amide bonds. The topological polar surface area (TPSA) is 89.5 Å². The molecule has 2 heterocycles. The largest absolute Gasteiger partial charge is 0.484 e. The number of ether oxygens (including phenoxy) is 2. The van der Waals surface area contributed by atoms with Crippen molar-refractivity contribution >= 4 is 23.2 Å². The lowest BCUT2D eigenvalue weighted by Crippen LogP contribution is -2.21. The maximum absolute atomic E-state index is 12.2. The van der Waals surface area contributed by atoms with Gasteiger partial charge in [-0.2, -0.15) is 0 Å². The van der Waals surface area contributed by atoms with Crippen LogP contribution in [-0.4, -0.2) is 23.4 Å². The van der Waals surface area contributed by atoms with Gasteiger partial charge < -0.3 is 20.1 Å². The van der Waals surface area contributed by atoms with Crippen molar-refractivity contribution in [1.29, 1.82) is 0 Å². The van der Waals surface area contributed by atoms with Gasteiger partial charge in [-0.25, -0.2) is 4.98 Å². The van der Waals surface area contributed by atoms with Crippen LogP contribution in [0.25, 0.3) is 0 Å². The molecule has 2 N–H and O–H groups in total. The minimum absolute atomic E-state index is 0.0134. The van der Waals surface area contributed by atoms with Crippen molar-refractivity contribution < 1.29 is 19.1 Å². The van der Waals surface area contributed by atoms with E-state index >= 15 is 0 Å². The van der Waals surface area contributed by atoms with Crippen LogP contribution in [0.4, 0.5) is 11.4 Å². The molecular weight excluding hydrogens is 382 g/mol. The first-order valence-electron chi connectivity index (χ1n) is 9.61. The standard InChI is InChI=1S/C23H21N3O4/c1-15-2-6-18(7-3-15)30-23-11-5-17(13-24-23)25-22(28)14-29-19-8-9-20-16(12-19)4-10-21(27)26-20/h2-3,5-9,11-13H,4,10,14H2,1H3,(H,25,28)(H,26,27). The maximum atomic E-state index is 12.2. The van der Waals surface area contributed by atoms with E-state index in [2.05, 4.69) is 15.6 Å². The van der Waals surface area contributed by atoms with Crippen molar-refractivity contribution in [3.63, 3.8) is 0 Å². The second-order valence-corrected chi connectivity index (χ2v) is 7.00. The third kappa shape index (κ3) is 4.94. The number of pyridine rings is 1. The molecule has 0 bridgehead atoms. The van der Waals surface area contributed by atoms with Crippen LogP contribution < -0.4 is 20.1 Å². The fraction of sp³-hybridized carbons (Fsp3) is 0.174. The third-order valence-corrected chi connectivity index (χ3v) is 4.61. The number of hydrogen-bond donors (Lipinski definition) is 2. The summed E-state index contributed by atoms with van der Waals surface area (Å²) in [7, 11) is 0. The van der Waals surface area contributed by atoms with E-state index in [9.17, 15) is 9.59 Å². The Hall–Kier alpha value is -3.87. The number of fused-ring (bicyclic) bond motifs is 1. The van der Waals surface area contributed by atoms with E-state index in [0.717, 1.165) is 16.8 Å². The summed E-state index contributed by atoms with van der Waals surface area (Å²) < 4.78 is 11.3. The second-order valence-electron chi connectivity index (χ2n) is 7.00. The Balaban J connectivity index is 1.29. The molecule has 3 aromatic rings. The van der Waals surface area contributed by atoms with Crippen molar-refractivity contribution in [2.75, 3.05) is 17.2 Å². The molecule has 0 spiro atoms. The first kappa shape index (κ1) is 19.4. The Morgan fingerprint density at radius 1 is 1.07 bits per heavy atom. The third-order valence-electron chi connectivity index (χ3n) is 4.61. The number of carbonyl (C=O) groups excluding carboxylic acids is 2. The average Bonchev–Trinajstić information content (AvgIpc) is 2.75. The minimum atomic E-state index is -0.296. The fourth-order valence-electron chi connectivity index (χ4n) is 3.04. The van der Waals surface area contributed by atoms with Crippen molar-refractivity contribution in [3.05, 3.63) is 71.9 Å². The molecule has 0 radical (unpaired) electrons. The van der Waals surface area contributed by atoms with Gasteiger partial charge in [0.2, 0.25) is 11.8 Å². The van der Waals surface area contributed by atoms with E-state index in [1.165, 1.54) is 6.20 Å². The predicted molar refractivity (Wildman–Crippen MR) is 113 cm³/mol. The summed E-state index contributed by atoms with van der Waals surface area (Å²) in [6.45, 7) is 1.88. The minimum Gasteiger partial charge on any atom is -0.484 e. The molecule has 1 aromatic heterocycles. The number of hydrogen-bond acceptors (Lipinski definition) is 5. The van der Waals surface area contributed by atoms with Gasteiger partial charge in [-0.3, -0.25) is 9.59 Å². The van der Waals surface area contributed by atoms with Crippen molar-refractivity contribution in [2.45, 2.75) is 19.8 Å². The van der Waals surface area contributed by atoms with E-state index in [1.54, 1.807) is 24.3 Å². The van der Waals surface area contributed by atoms with Gasteiger partial charge in [0, 0.05) is 18.2 Å². The lowest BCUT2D eigenvalue weighted by atomic mass is 10.0. The lowest BCUT2D eigenvalue weighted by Gasteiger charge is -2.17. The Labute approximate surface area is 174 Å². The number of rotatable bonds is 6. The summed E-state index contributed by atoms with van der Waals surface area (Å²) in [4.78, 5) is 27.8. The van der Waals surface area contributed by atoms with Gasteiger partial charge in [0.25, 0.3) is 5.91 Å². The molecule has 152 valence electrons. The zero-order valence-corrected chi connectivity index (χ0v) is 16.5. The highest BCUT2D eigenvalue weighted by Gasteiger charge is 2.15. The highest BCUT2D eigenvalue weighted by Crippen LogP contribution is 2.27. The summed E-state index contributed by atoms with van der Waals surface area (Å²) >= 11 is 0. The van der Waals surface area contributed by atoms with Crippen LogP contribution in [-0.2, 0) is 16.0 Å². The van der Waals surface area contributed by atoms with Crippen LogP contribution in [0, 0.1) is 6.92 Å². The van der Waals surface area contributed by atoms with Crippen LogP contribution >= 0.6 is 0 Å². The number of nitrogens with one attached hydrogen (secondary N) is 2. The van der Waals surface area contributed by atoms with Gasteiger partial charge in [-0.05, 0) is 55.3 Å². The Morgan fingerprint density at radius 3 is 2.63 bits per heavy atom. The molecule has 0 atom stereocenters. The molecule has 4 rings (SSSR count). The zero-order valence-electron chi connectivity index (χ0n) is 16.5. The molecule has 30 heavy (non-hydrogen) atoms. The van der Waals surface area contributed by atoms with E-state index in [-0.39, 0.29) is 18.4 Å². The van der Waals surface area contributed by atoms with Gasteiger partial charge >= 0.3 is 0 Å². The molecule has 1 aliphatic rings. The normalized spacial score (nSPS) is 12.5. The Kier molecular flexibility index (Phi) is 5.61. The summed E-state index contributed by atoms with van der Waals surface area (Å²) in [5, 5.41) is 5.56. The van der Waals surface area contributed by atoms with Gasteiger partial charge in [-0.15, -0.1) is 0 Å². The molecule has 7 heteroatoms. The predicted octanol–water partition coefficient (Wildman–Crippen LogP) is 4.08. The zero-order chi connectivity index (χ0) is 20.9. The van der Waals surface area contributed by atoms with Crippen LogP contribution in [0.5, 0.6) is 17.4 Å². The molecule has 0 fully saturated rings. The number of benzene rings is 2. The fourth-order valence-corrected chi connectivity index (χ4v) is 3.04. The molecule has 0 saturated heterocycles. The number of amides is 2. The van der Waals surface area contributed by atoms with Gasteiger partial charge in [0.15, 0.2) is 6.61 Å². The molecule has 7 nitrogen and oxygen atoms in total. The van der Waals surface area contributed by atoms with Gasteiger partial charge in [-0.1, -0.05) is 17.7 Å².